The molecule has 0 fully saturated rings. The monoisotopic (exact) mass is 257 g/mol. The summed E-state index contributed by atoms with van der Waals surface area (Å²) in [4.78, 5) is 0. The van der Waals surface area contributed by atoms with Gasteiger partial charge in [0, 0.05) is 18.3 Å². The van der Waals surface area contributed by atoms with E-state index in [0.717, 1.165) is 18.7 Å². The fourth-order valence-electron chi connectivity index (χ4n) is 2.59. The highest BCUT2D eigenvalue weighted by molar-refractivity contribution is 5.68. The van der Waals surface area contributed by atoms with Gasteiger partial charge in [0.25, 0.3) is 0 Å². The third-order valence-corrected chi connectivity index (χ3v) is 3.88. The SMILES string of the molecule is Cc1nn(C)c(C)c1-c1ccc(C(C)CCN)cc1. The Kier molecular flexibility index (Phi) is 4.05. The molecule has 3 heteroatoms. The second-order valence-electron chi connectivity index (χ2n) is 5.27. The predicted octanol–water partition coefficient (Wildman–Crippen LogP) is 3.16. The topological polar surface area (TPSA) is 43.8 Å². The summed E-state index contributed by atoms with van der Waals surface area (Å²) in [5.74, 6) is 0.523. The molecule has 1 unspecified atom stereocenters. The summed E-state index contributed by atoms with van der Waals surface area (Å²) in [6.07, 6.45) is 1.03. The molecule has 3 nitrogen and oxygen atoms in total. The molecule has 1 atom stereocenters. The number of nitrogens with two attached hydrogens (primary N) is 1. The Morgan fingerprint density at radius 1 is 1.21 bits per heavy atom. The summed E-state index contributed by atoms with van der Waals surface area (Å²) in [6.45, 7) is 7.14. The van der Waals surface area contributed by atoms with Gasteiger partial charge < -0.3 is 5.73 Å². The van der Waals surface area contributed by atoms with Crippen LogP contribution in [0.3, 0.4) is 0 Å². The van der Waals surface area contributed by atoms with Crippen LogP contribution in [0.5, 0.6) is 0 Å². The summed E-state index contributed by atoms with van der Waals surface area (Å²) in [5, 5.41) is 4.47. The highest BCUT2D eigenvalue weighted by Gasteiger charge is 2.12. The largest absolute Gasteiger partial charge is 0.330 e. The highest BCUT2D eigenvalue weighted by atomic mass is 15.3. The minimum atomic E-state index is 0.523. The van der Waals surface area contributed by atoms with Crippen molar-refractivity contribution >= 4 is 0 Å². The number of aromatic nitrogens is 2. The maximum Gasteiger partial charge on any atom is 0.0674 e. The fourth-order valence-corrected chi connectivity index (χ4v) is 2.59. The fraction of sp³-hybridized carbons (Fsp3) is 0.438. The van der Waals surface area contributed by atoms with Gasteiger partial charge in [0.1, 0.15) is 0 Å². The first kappa shape index (κ1) is 13.8. The van der Waals surface area contributed by atoms with E-state index < -0.39 is 0 Å². The van der Waals surface area contributed by atoms with Crippen molar-refractivity contribution in [2.24, 2.45) is 12.8 Å². The summed E-state index contributed by atoms with van der Waals surface area (Å²) in [6, 6.07) is 8.81. The van der Waals surface area contributed by atoms with Crippen molar-refractivity contribution in [2.45, 2.75) is 33.1 Å². The van der Waals surface area contributed by atoms with Crippen LogP contribution in [0, 0.1) is 13.8 Å². The van der Waals surface area contributed by atoms with Gasteiger partial charge in [-0.2, -0.15) is 5.10 Å². The van der Waals surface area contributed by atoms with Crippen molar-refractivity contribution in [3.8, 4) is 11.1 Å². The average Bonchev–Trinajstić information content (AvgIpc) is 2.64. The molecule has 2 N–H and O–H groups in total. The number of nitrogens with zero attached hydrogens (tertiary/aromatic N) is 2. The highest BCUT2D eigenvalue weighted by Crippen LogP contribution is 2.28. The third kappa shape index (κ3) is 2.71. The molecule has 1 heterocycles. The molecular weight excluding hydrogens is 234 g/mol. The van der Waals surface area contributed by atoms with Gasteiger partial charge in [-0.05, 0) is 43.9 Å². The lowest BCUT2D eigenvalue weighted by atomic mass is 9.95. The van der Waals surface area contributed by atoms with Crippen LogP contribution in [0.1, 0.15) is 36.2 Å². The Hall–Kier alpha value is -1.61. The Bertz CT molecular complexity index is 552. The summed E-state index contributed by atoms with van der Waals surface area (Å²) < 4.78 is 1.94. The molecule has 0 aliphatic carbocycles. The zero-order valence-electron chi connectivity index (χ0n) is 12.3. The van der Waals surface area contributed by atoms with Gasteiger partial charge in [-0.3, -0.25) is 4.68 Å². The minimum absolute atomic E-state index is 0.523. The molecule has 2 rings (SSSR count). The first-order chi connectivity index (χ1) is 9.04. The van der Waals surface area contributed by atoms with Crippen molar-refractivity contribution < 1.29 is 0 Å². The molecule has 0 amide bonds. The third-order valence-electron chi connectivity index (χ3n) is 3.88. The molecular formula is C16H23N3. The number of aryl methyl sites for hydroxylation is 2. The number of rotatable bonds is 4. The van der Waals surface area contributed by atoms with Gasteiger partial charge in [-0.15, -0.1) is 0 Å². The number of hydrogen-bond donors (Lipinski definition) is 1. The summed E-state index contributed by atoms with van der Waals surface area (Å²) >= 11 is 0. The molecule has 0 aliphatic rings. The van der Waals surface area contributed by atoms with E-state index in [1.165, 1.54) is 22.4 Å². The second kappa shape index (κ2) is 5.57. The van der Waals surface area contributed by atoms with Crippen LogP contribution in [-0.4, -0.2) is 16.3 Å². The van der Waals surface area contributed by atoms with Crippen molar-refractivity contribution in [2.75, 3.05) is 6.54 Å². The molecule has 2 aromatic rings. The van der Waals surface area contributed by atoms with Gasteiger partial charge in [0.15, 0.2) is 0 Å². The maximum absolute atomic E-state index is 5.62. The number of benzene rings is 1. The molecule has 0 radical (unpaired) electrons. The lowest BCUT2D eigenvalue weighted by Crippen LogP contribution is -2.04. The van der Waals surface area contributed by atoms with Crippen LogP contribution in [-0.2, 0) is 7.05 Å². The lowest BCUT2D eigenvalue weighted by Gasteiger charge is -2.11. The molecule has 0 bridgehead atoms. The normalized spacial score (nSPS) is 12.7. The lowest BCUT2D eigenvalue weighted by molar-refractivity contribution is 0.690. The Morgan fingerprint density at radius 3 is 2.32 bits per heavy atom. The zero-order valence-corrected chi connectivity index (χ0v) is 12.3. The predicted molar refractivity (Wildman–Crippen MR) is 80.2 cm³/mol. The Morgan fingerprint density at radius 2 is 1.84 bits per heavy atom. The van der Waals surface area contributed by atoms with E-state index in [1.807, 2.05) is 11.7 Å². The van der Waals surface area contributed by atoms with E-state index in [9.17, 15) is 0 Å². The van der Waals surface area contributed by atoms with Gasteiger partial charge in [-0.25, -0.2) is 0 Å². The van der Waals surface area contributed by atoms with E-state index in [0.29, 0.717) is 5.92 Å². The summed E-state index contributed by atoms with van der Waals surface area (Å²) in [7, 11) is 1.99. The smallest absolute Gasteiger partial charge is 0.0674 e. The van der Waals surface area contributed by atoms with E-state index >= 15 is 0 Å². The van der Waals surface area contributed by atoms with Gasteiger partial charge in [0.05, 0.1) is 5.69 Å². The van der Waals surface area contributed by atoms with E-state index in [-0.39, 0.29) is 0 Å². The van der Waals surface area contributed by atoms with Gasteiger partial charge in [-0.1, -0.05) is 31.2 Å². The molecule has 0 aliphatic heterocycles. The van der Waals surface area contributed by atoms with Crippen LogP contribution < -0.4 is 5.73 Å². The van der Waals surface area contributed by atoms with E-state index in [4.69, 9.17) is 5.73 Å². The van der Waals surface area contributed by atoms with Crippen LogP contribution in [0.4, 0.5) is 0 Å². The van der Waals surface area contributed by atoms with E-state index in [1.54, 1.807) is 0 Å². The average molecular weight is 257 g/mol. The standard InChI is InChI=1S/C16H23N3/c1-11(9-10-17)14-5-7-15(8-6-14)16-12(2)18-19(4)13(16)3/h5-8,11H,9-10,17H2,1-4H3. The van der Waals surface area contributed by atoms with Crippen LogP contribution >= 0.6 is 0 Å². The molecule has 0 saturated heterocycles. The molecule has 0 saturated carbocycles. The Balaban J connectivity index is 2.32. The van der Waals surface area contributed by atoms with Crippen LogP contribution in [0.15, 0.2) is 24.3 Å². The maximum atomic E-state index is 5.62. The quantitative estimate of drug-likeness (QED) is 0.914. The number of hydrogen-bond acceptors (Lipinski definition) is 2. The van der Waals surface area contributed by atoms with Crippen LogP contribution in [0.25, 0.3) is 11.1 Å². The Labute approximate surface area is 115 Å². The van der Waals surface area contributed by atoms with Crippen LogP contribution in [0.2, 0.25) is 0 Å². The zero-order chi connectivity index (χ0) is 14.0. The minimum Gasteiger partial charge on any atom is -0.330 e. The van der Waals surface area contributed by atoms with Crippen molar-refractivity contribution in [1.82, 2.24) is 9.78 Å². The molecule has 19 heavy (non-hydrogen) atoms. The molecule has 0 spiro atoms. The summed E-state index contributed by atoms with van der Waals surface area (Å²) in [5.41, 5.74) is 11.8. The van der Waals surface area contributed by atoms with Gasteiger partial charge in [0.2, 0.25) is 0 Å². The molecule has 102 valence electrons. The van der Waals surface area contributed by atoms with E-state index in [2.05, 4.69) is 50.1 Å². The van der Waals surface area contributed by atoms with Gasteiger partial charge >= 0.3 is 0 Å². The second-order valence-corrected chi connectivity index (χ2v) is 5.27. The van der Waals surface area contributed by atoms with Crippen molar-refractivity contribution in [3.63, 3.8) is 0 Å². The first-order valence-electron chi connectivity index (χ1n) is 6.85. The molecule has 1 aromatic heterocycles. The van der Waals surface area contributed by atoms with Crippen molar-refractivity contribution in [3.05, 3.63) is 41.2 Å². The molecule has 1 aromatic carbocycles. The van der Waals surface area contributed by atoms with Crippen molar-refractivity contribution in [1.29, 1.82) is 0 Å². The first-order valence-corrected chi connectivity index (χ1v) is 6.85.